The van der Waals surface area contributed by atoms with Gasteiger partial charge in [0.25, 0.3) is 0 Å². The van der Waals surface area contributed by atoms with Crippen molar-refractivity contribution in [3.8, 4) is 0 Å². The molecule has 0 aromatic carbocycles. The van der Waals surface area contributed by atoms with Crippen molar-refractivity contribution in [2.75, 3.05) is 13.2 Å². The van der Waals surface area contributed by atoms with Crippen molar-refractivity contribution in [3.63, 3.8) is 0 Å². The summed E-state index contributed by atoms with van der Waals surface area (Å²) in [6.07, 6.45) is 81.2. The van der Waals surface area contributed by atoms with Crippen LogP contribution in [0.3, 0.4) is 0 Å². The van der Waals surface area contributed by atoms with Gasteiger partial charge in [-0.15, -0.1) is 0 Å². The molecule has 0 fully saturated rings. The third kappa shape index (κ3) is 62.2. The third-order valence-electron chi connectivity index (χ3n) is 15.1. The first-order valence-corrected chi connectivity index (χ1v) is 33.6. The Morgan fingerprint density at radius 1 is 0.263 bits per heavy atom. The van der Waals surface area contributed by atoms with Gasteiger partial charge < -0.3 is 14.2 Å². The molecular weight excluding hydrogens is 937 g/mol. The lowest BCUT2D eigenvalue weighted by Gasteiger charge is -2.18. The molecule has 0 aromatic heterocycles. The predicted molar refractivity (Wildman–Crippen MR) is 330 cm³/mol. The fraction of sp³-hybridized carbons (Fsp3) is 0.843. The number of hydrogen-bond donors (Lipinski definition) is 0. The van der Waals surface area contributed by atoms with Crippen LogP contribution in [0.25, 0.3) is 0 Å². The number of rotatable bonds is 62. The summed E-state index contributed by atoms with van der Waals surface area (Å²) >= 11 is 0. The Labute approximate surface area is 473 Å². The van der Waals surface area contributed by atoms with Crippen molar-refractivity contribution in [1.82, 2.24) is 0 Å². The zero-order valence-electron chi connectivity index (χ0n) is 51.0. The number of carbonyl (C=O) groups is 3. The molecule has 444 valence electrons. The van der Waals surface area contributed by atoms with Gasteiger partial charge in [-0.05, 0) is 83.5 Å². The number of hydrogen-bond acceptors (Lipinski definition) is 6. The molecule has 1 atom stereocenters. The summed E-state index contributed by atoms with van der Waals surface area (Å²) in [5.41, 5.74) is 0. The van der Waals surface area contributed by atoms with Crippen molar-refractivity contribution >= 4 is 17.9 Å². The average molecular weight is 1070 g/mol. The van der Waals surface area contributed by atoms with Gasteiger partial charge in [0.05, 0.1) is 0 Å². The van der Waals surface area contributed by atoms with Crippen LogP contribution in [0.15, 0.2) is 48.6 Å². The minimum absolute atomic E-state index is 0.0712. The molecule has 0 radical (unpaired) electrons. The van der Waals surface area contributed by atoms with Gasteiger partial charge in [-0.2, -0.15) is 0 Å². The fourth-order valence-electron chi connectivity index (χ4n) is 9.98. The van der Waals surface area contributed by atoms with E-state index >= 15 is 0 Å². The largest absolute Gasteiger partial charge is 0.462 e. The maximum absolute atomic E-state index is 12.9. The monoisotopic (exact) mass is 1060 g/mol. The highest BCUT2D eigenvalue weighted by atomic mass is 16.6. The molecule has 0 aliphatic carbocycles. The van der Waals surface area contributed by atoms with Gasteiger partial charge in [0, 0.05) is 19.3 Å². The summed E-state index contributed by atoms with van der Waals surface area (Å²) in [6.45, 7) is 6.67. The van der Waals surface area contributed by atoms with Crippen LogP contribution in [0.1, 0.15) is 361 Å². The van der Waals surface area contributed by atoms with Crippen molar-refractivity contribution in [2.45, 2.75) is 367 Å². The van der Waals surface area contributed by atoms with E-state index in [-0.39, 0.29) is 31.1 Å². The van der Waals surface area contributed by atoms with E-state index in [1.54, 1.807) is 0 Å². The van der Waals surface area contributed by atoms with Crippen LogP contribution in [0.2, 0.25) is 0 Å². The van der Waals surface area contributed by atoms with Crippen LogP contribution in [-0.4, -0.2) is 37.2 Å². The second kappa shape index (κ2) is 64.9. The molecule has 0 saturated heterocycles. The smallest absolute Gasteiger partial charge is 0.306 e. The van der Waals surface area contributed by atoms with E-state index in [1.165, 1.54) is 250 Å². The molecule has 0 amide bonds. The molecule has 0 aliphatic rings. The molecule has 0 saturated carbocycles. The maximum Gasteiger partial charge on any atom is 0.306 e. The first-order chi connectivity index (χ1) is 37.5. The highest BCUT2D eigenvalue weighted by molar-refractivity contribution is 5.71. The van der Waals surface area contributed by atoms with E-state index in [4.69, 9.17) is 14.2 Å². The first-order valence-electron chi connectivity index (χ1n) is 33.6. The Kier molecular flexibility index (Phi) is 62.6. The van der Waals surface area contributed by atoms with Gasteiger partial charge in [0.1, 0.15) is 13.2 Å². The zero-order valence-corrected chi connectivity index (χ0v) is 51.0. The third-order valence-corrected chi connectivity index (χ3v) is 15.1. The number of esters is 3. The van der Waals surface area contributed by atoms with E-state index in [0.717, 1.165) is 70.6 Å². The van der Waals surface area contributed by atoms with Crippen molar-refractivity contribution < 1.29 is 28.6 Å². The Balaban J connectivity index is 4.31. The van der Waals surface area contributed by atoms with Crippen LogP contribution in [0, 0.1) is 0 Å². The second-order valence-electron chi connectivity index (χ2n) is 22.7. The molecule has 0 rings (SSSR count). The Morgan fingerprint density at radius 3 is 0.724 bits per heavy atom. The van der Waals surface area contributed by atoms with Gasteiger partial charge >= 0.3 is 17.9 Å². The molecule has 76 heavy (non-hydrogen) atoms. The molecule has 0 aliphatic heterocycles. The van der Waals surface area contributed by atoms with Gasteiger partial charge in [0.15, 0.2) is 6.10 Å². The van der Waals surface area contributed by atoms with Crippen LogP contribution in [0.5, 0.6) is 0 Å². The maximum atomic E-state index is 12.9. The number of carbonyl (C=O) groups excluding carboxylic acids is 3. The minimum atomic E-state index is -0.775. The van der Waals surface area contributed by atoms with Gasteiger partial charge in [-0.1, -0.05) is 307 Å². The van der Waals surface area contributed by atoms with E-state index < -0.39 is 6.10 Å². The normalized spacial score (nSPS) is 12.3. The average Bonchev–Trinajstić information content (AvgIpc) is 3.42. The van der Waals surface area contributed by atoms with Gasteiger partial charge in [-0.25, -0.2) is 0 Å². The molecule has 1 unspecified atom stereocenters. The quantitative estimate of drug-likeness (QED) is 0.0261. The second-order valence-corrected chi connectivity index (χ2v) is 22.7. The van der Waals surface area contributed by atoms with Crippen LogP contribution >= 0.6 is 0 Å². The van der Waals surface area contributed by atoms with Crippen molar-refractivity contribution in [1.29, 1.82) is 0 Å². The number of allylic oxidation sites excluding steroid dienone is 8. The van der Waals surface area contributed by atoms with Crippen LogP contribution in [0.4, 0.5) is 0 Å². The molecule has 6 heteroatoms. The lowest BCUT2D eigenvalue weighted by Crippen LogP contribution is -2.30. The summed E-state index contributed by atoms with van der Waals surface area (Å²) in [5, 5.41) is 0. The summed E-state index contributed by atoms with van der Waals surface area (Å²) in [4.78, 5) is 38.4. The Morgan fingerprint density at radius 2 is 0.474 bits per heavy atom. The first kappa shape index (κ1) is 73.4. The summed E-state index contributed by atoms with van der Waals surface area (Å²) in [7, 11) is 0. The van der Waals surface area contributed by atoms with E-state index in [9.17, 15) is 14.4 Å². The fourth-order valence-corrected chi connectivity index (χ4v) is 9.98. The van der Waals surface area contributed by atoms with E-state index in [1.807, 2.05) is 0 Å². The van der Waals surface area contributed by atoms with Crippen molar-refractivity contribution in [2.24, 2.45) is 0 Å². The Hall–Kier alpha value is -2.63. The SMILES string of the molecule is CCCCCCC/C=C\C/C=C\CCCCCCCCCCCCCC(=O)OCC(COC(=O)CCCCCCCCCCCCCCCC)OC(=O)CCCCCCCCCCC/C=C\C/C=C\CCCCCCC. The highest BCUT2D eigenvalue weighted by Gasteiger charge is 2.19. The summed E-state index contributed by atoms with van der Waals surface area (Å²) in [5.74, 6) is -0.854. The van der Waals surface area contributed by atoms with E-state index in [0.29, 0.717) is 19.3 Å². The Bertz CT molecular complexity index is 1310. The highest BCUT2D eigenvalue weighted by Crippen LogP contribution is 2.17. The lowest BCUT2D eigenvalue weighted by atomic mass is 10.0. The standard InChI is InChI=1S/C70H128O6/c1-4-7-10-13-16-19-22-25-28-30-32-34-35-37-38-40-42-45-48-51-54-57-60-63-69(72)75-66-67(65-74-68(71)62-59-56-53-50-47-44-27-24-21-18-15-12-9-6-3)76-70(73)64-61-58-55-52-49-46-43-41-39-36-33-31-29-26-23-20-17-14-11-8-5-2/h22-23,25-26,30-33,67H,4-21,24,27-29,34-66H2,1-3H3/b25-22-,26-23-,32-30-,33-31-. The topological polar surface area (TPSA) is 78.9 Å². The minimum Gasteiger partial charge on any atom is -0.462 e. The molecule has 0 N–H and O–H groups in total. The van der Waals surface area contributed by atoms with Crippen LogP contribution in [-0.2, 0) is 28.6 Å². The molecule has 0 bridgehead atoms. The molecule has 0 heterocycles. The summed E-state index contributed by atoms with van der Waals surface area (Å²) < 4.78 is 17.0. The van der Waals surface area contributed by atoms with E-state index in [2.05, 4.69) is 69.4 Å². The predicted octanol–water partition coefficient (Wildman–Crippen LogP) is 22.9. The number of unbranched alkanes of at least 4 members (excludes halogenated alkanes) is 43. The zero-order chi connectivity index (χ0) is 55.0. The van der Waals surface area contributed by atoms with Crippen LogP contribution < -0.4 is 0 Å². The molecule has 0 spiro atoms. The molecule has 0 aromatic rings. The molecule has 6 nitrogen and oxygen atoms in total. The lowest BCUT2D eigenvalue weighted by molar-refractivity contribution is -0.167. The van der Waals surface area contributed by atoms with Gasteiger partial charge in [0.2, 0.25) is 0 Å². The summed E-state index contributed by atoms with van der Waals surface area (Å²) in [6, 6.07) is 0. The van der Waals surface area contributed by atoms with Gasteiger partial charge in [-0.3, -0.25) is 14.4 Å². The molecular formula is C70H128O6. The number of ether oxygens (including phenoxy) is 3. The van der Waals surface area contributed by atoms with Crippen molar-refractivity contribution in [3.05, 3.63) is 48.6 Å².